The number of benzene rings is 2. The second kappa shape index (κ2) is 8.24. The van der Waals surface area contributed by atoms with Gasteiger partial charge in [0, 0.05) is 9.50 Å². The van der Waals surface area contributed by atoms with Gasteiger partial charge in [0.1, 0.15) is 18.1 Å². The zero-order valence-electron chi connectivity index (χ0n) is 13.8. The van der Waals surface area contributed by atoms with E-state index in [-0.39, 0.29) is 22.1 Å². The van der Waals surface area contributed by atoms with E-state index in [2.05, 4.69) is 21.2 Å². The van der Waals surface area contributed by atoms with Crippen LogP contribution in [0, 0.1) is 5.82 Å². The Morgan fingerprint density at radius 1 is 1.31 bits per heavy atom. The lowest BCUT2D eigenvalue weighted by atomic mass is 10.3. The van der Waals surface area contributed by atoms with Crippen molar-refractivity contribution in [2.75, 3.05) is 29.5 Å². The largest absolute Gasteiger partial charge is 0.495 e. The molecule has 0 saturated heterocycles. The molecule has 2 aromatic rings. The summed E-state index contributed by atoms with van der Waals surface area (Å²) in [6.07, 6.45) is 0.945. The monoisotopic (exact) mass is 464 g/mol. The van der Waals surface area contributed by atoms with Gasteiger partial charge >= 0.3 is 0 Å². The smallest absolute Gasteiger partial charge is 0.245 e. The summed E-state index contributed by atoms with van der Waals surface area (Å²) in [5.41, 5.74) is 0.0404. The van der Waals surface area contributed by atoms with Crippen molar-refractivity contribution in [2.24, 2.45) is 0 Å². The van der Waals surface area contributed by atoms with E-state index in [1.54, 1.807) is 6.07 Å². The van der Waals surface area contributed by atoms with Gasteiger partial charge in [0.2, 0.25) is 15.9 Å². The molecule has 0 aliphatic heterocycles. The lowest BCUT2D eigenvalue weighted by Gasteiger charge is -2.24. The topological polar surface area (TPSA) is 75.7 Å². The Hall–Kier alpha value is -1.84. The maximum absolute atomic E-state index is 13.9. The van der Waals surface area contributed by atoms with E-state index in [4.69, 9.17) is 16.3 Å². The molecule has 2 rings (SSSR count). The minimum Gasteiger partial charge on any atom is -0.495 e. The first-order chi connectivity index (χ1) is 12.1. The highest BCUT2D eigenvalue weighted by Gasteiger charge is 2.24. The van der Waals surface area contributed by atoms with Crippen molar-refractivity contribution in [3.63, 3.8) is 0 Å². The number of anilines is 2. The molecule has 0 atom stereocenters. The Morgan fingerprint density at radius 3 is 2.58 bits per heavy atom. The predicted octanol–water partition coefficient (Wildman–Crippen LogP) is 3.65. The number of sulfonamides is 1. The van der Waals surface area contributed by atoms with E-state index in [9.17, 15) is 17.6 Å². The Morgan fingerprint density at radius 2 is 2.00 bits per heavy atom. The van der Waals surface area contributed by atoms with Crippen molar-refractivity contribution < 1.29 is 22.3 Å². The molecule has 0 heterocycles. The van der Waals surface area contributed by atoms with E-state index >= 15 is 0 Å². The van der Waals surface area contributed by atoms with Gasteiger partial charge in [-0.05, 0) is 36.4 Å². The van der Waals surface area contributed by atoms with Crippen molar-refractivity contribution in [1.82, 2.24) is 0 Å². The van der Waals surface area contributed by atoms with E-state index in [0.717, 1.165) is 10.6 Å². The van der Waals surface area contributed by atoms with Gasteiger partial charge in [-0.15, -0.1) is 0 Å². The summed E-state index contributed by atoms with van der Waals surface area (Å²) in [5, 5.41) is 2.62. The van der Waals surface area contributed by atoms with Gasteiger partial charge in [-0.3, -0.25) is 9.10 Å². The maximum atomic E-state index is 13.9. The standard InChI is InChI=1S/C16H15BrClFN2O4S/c1-25-15-6-4-11(18)8-14(15)21(26(2,23)24)9-16(22)20-13-5-3-10(17)7-12(13)19/h3-8H,9H2,1-2H3,(H,20,22). The fourth-order valence-electron chi connectivity index (χ4n) is 2.15. The van der Waals surface area contributed by atoms with Gasteiger partial charge in [0.15, 0.2) is 0 Å². The maximum Gasteiger partial charge on any atom is 0.245 e. The number of hydrogen-bond acceptors (Lipinski definition) is 4. The van der Waals surface area contributed by atoms with Crippen LogP contribution < -0.4 is 14.4 Å². The summed E-state index contributed by atoms with van der Waals surface area (Å²) in [7, 11) is -2.47. The van der Waals surface area contributed by atoms with Crippen LogP contribution in [0.1, 0.15) is 0 Å². The molecule has 1 amide bonds. The molecule has 10 heteroatoms. The first-order valence-corrected chi connectivity index (χ1v) is 10.2. The summed E-state index contributed by atoms with van der Waals surface area (Å²) >= 11 is 9.05. The lowest BCUT2D eigenvalue weighted by Crippen LogP contribution is -2.37. The van der Waals surface area contributed by atoms with Crippen LogP contribution in [0.5, 0.6) is 5.75 Å². The molecular formula is C16H15BrClFN2O4S. The predicted molar refractivity (Wildman–Crippen MR) is 103 cm³/mol. The third-order valence-electron chi connectivity index (χ3n) is 3.30. The number of hydrogen-bond donors (Lipinski definition) is 1. The van der Waals surface area contributed by atoms with Crippen molar-refractivity contribution in [2.45, 2.75) is 0 Å². The normalized spacial score (nSPS) is 11.1. The molecule has 0 aliphatic rings. The number of ether oxygens (including phenoxy) is 1. The Bertz CT molecular complexity index is 940. The van der Waals surface area contributed by atoms with E-state index < -0.39 is 28.3 Å². The summed E-state index contributed by atoms with van der Waals surface area (Å²) in [4.78, 5) is 12.3. The number of carbonyl (C=O) groups is 1. The van der Waals surface area contributed by atoms with Crippen LogP contribution in [0.15, 0.2) is 40.9 Å². The zero-order chi connectivity index (χ0) is 19.5. The fourth-order valence-corrected chi connectivity index (χ4v) is 3.50. The summed E-state index contributed by atoms with van der Waals surface area (Å²) in [6, 6.07) is 8.48. The minimum atomic E-state index is -3.84. The summed E-state index contributed by atoms with van der Waals surface area (Å²) < 4.78 is 44.7. The molecule has 0 fully saturated rings. The van der Waals surface area contributed by atoms with Gasteiger partial charge in [0.25, 0.3) is 0 Å². The first kappa shape index (κ1) is 20.5. The molecule has 0 radical (unpaired) electrons. The van der Waals surface area contributed by atoms with Crippen molar-refractivity contribution in [1.29, 1.82) is 0 Å². The molecular weight excluding hydrogens is 451 g/mol. The Kier molecular flexibility index (Phi) is 6.48. The molecule has 0 aromatic heterocycles. The number of nitrogens with zero attached hydrogens (tertiary/aromatic N) is 1. The number of carbonyl (C=O) groups excluding carboxylic acids is 1. The van der Waals surface area contributed by atoms with Gasteiger partial charge in [0.05, 0.1) is 24.7 Å². The third-order valence-corrected chi connectivity index (χ3v) is 5.16. The highest BCUT2D eigenvalue weighted by molar-refractivity contribution is 9.10. The van der Waals surface area contributed by atoms with Gasteiger partial charge in [-0.1, -0.05) is 27.5 Å². The molecule has 0 bridgehead atoms. The quantitative estimate of drug-likeness (QED) is 0.706. The molecule has 26 heavy (non-hydrogen) atoms. The van der Waals surface area contributed by atoms with E-state index in [1.807, 2.05) is 0 Å². The fraction of sp³-hybridized carbons (Fsp3) is 0.188. The number of rotatable bonds is 6. The first-order valence-electron chi connectivity index (χ1n) is 7.18. The van der Waals surface area contributed by atoms with Crippen LogP contribution in [0.2, 0.25) is 5.02 Å². The van der Waals surface area contributed by atoms with Gasteiger partial charge in [-0.2, -0.15) is 0 Å². The molecule has 140 valence electrons. The van der Waals surface area contributed by atoms with Crippen molar-refractivity contribution >= 4 is 54.8 Å². The second-order valence-electron chi connectivity index (χ2n) is 5.26. The average Bonchev–Trinajstić information content (AvgIpc) is 2.54. The summed E-state index contributed by atoms with van der Waals surface area (Å²) in [5.74, 6) is -1.15. The Balaban J connectivity index is 2.32. The molecule has 2 aromatic carbocycles. The van der Waals surface area contributed by atoms with Crippen LogP contribution in [-0.4, -0.2) is 34.2 Å². The average molecular weight is 466 g/mol. The molecule has 0 spiro atoms. The number of amides is 1. The Labute approximate surface area is 164 Å². The van der Waals surface area contributed by atoms with E-state index in [1.165, 1.54) is 37.4 Å². The van der Waals surface area contributed by atoms with Crippen LogP contribution in [0.4, 0.5) is 15.8 Å². The number of nitrogens with one attached hydrogen (secondary N) is 1. The molecule has 1 N–H and O–H groups in total. The van der Waals surface area contributed by atoms with Crippen LogP contribution >= 0.6 is 27.5 Å². The molecule has 0 unspecified atom stereocenters. The van der Waals surface area contributed by atoms with Crippen LogP contribution in [-0.2, 0) is 14.8 Å². The SMILES string of the molecule is COc1ccc(Cl)cc1N(CC(=O)Nc1ccc(Br)cc1F)S(C)(=O)=O. The molecule has 0 aliphatic carbocycles. The minimum absolute atomic E-state index is 0.0651. The molecule has 6 nitrogen and oxygen atoms in total. The van der Waals surface area contributed by atoms with Gasteiger partial charge in [-0.25, -0.2) is 12.8 Å². The van der Waals surface area contributed by atoms with Crippen LogP contribution in [0.25, 0.3) is 0 Å². The lowest BCUT2D eigenvalue weighted by molar-refractivity contribution is -0.114. The third kappa shape index (κ3) is 5.09. The highest BCUT2D eigenvalue weighted by atomic mass is 79.9. The second-order valence-corrected chi connectivity index (χ2v) is 8.52. The summed E-state index contributed by atoms with van der Waals surface area (Å²) in [6.45, 7) is -0.578. The number of halogens is 3. The molecule has 0 saturated carbocycles. The van der Waals surface area contributed by atoms with Gasteiger partial charge < -0.3 is 10.1 Å². The van der Waals surface area contributed by atoms with E-state index in [0.29, 0.717) is 4.47 Å². The number of methoxy groups -OCH3 is 1. The van der Waals surface area contributed by atoms with Crippen molar-refractivity contribution in [3.8, 4) is 5.75 Å². The van der Waals surface area contributed by atoms with Crippen molar-refractivity contribution in [3.05, 3.63) is 51.7 Å². The highest BCUT2D eigenvalue weighted by Crippen LogP contribution is 2.32. The van der Waals surface area contributed by atoms with Crippen LogP contribution in [0.3, 0.4) is 0 Å². The zero-order valence-corrected chi connectivity index (χ0v) is 17.0.